The van der Waals surface area contributed by atoms with Crippen molar-refractivity contribution in [3.8, 4) is 11.3 Å². The summed E-state index contributed by atoms with van der Waals surface area (Å²) in [5.41, 5.74) is 4.65. The summed E-state index contributed by atoms with van der Waals surface area (Å²) in [6.07, 6.45) is 3.08. The Morgan fingerprint density at radius 1 is 1.06 bits per heavy atom. The summed E-state index contributed by atoms with van der Waals surface area (Å²) in [6.45, 7) is 6.49. The number of aromatic nitrogens is 1. The van der Waals surface area contributed by atoms with Crippen LogP contribution in [0.4, 0.5) is 11.5 Å². The van der Waals surface area contributed by atoms with Gasteiger partial charge in [0.05, 0.1) is 17.1 Å². The lowest BCUT2D eigenvalue weighted by Gasteiger charge is -2.23. The van der Waals surface area contributed by atoms with Gasteiger partial charge in [0.25, 0.3) is 0 Å². The lowest BCUT2D eigenvalue weighted by Crippen LogP contribution is -2.26. The number of carbonyl (C=O) groups is 1. The Balaban J connectivity index is 1.61. The molecule has 2 aromatic carbocycles. The highest BCUT2D eigenvalue weighted by molar-refractivity contribution is 5.97. The molecule has 1 aliphatic heterocycles. The van der Waals surface area contributed by atoms with Crippen molar-refractivity contribution in [3.63, 3.8) is 0 Å². The van der Waals surface area contributed by atoms with Crippen LogP contribution in [0.25, 0.3) is 22.3 Å². The van der Waals surface area contributed by atoms with Crippen molar-refractivity contribution in [3.05, 3.63) is 87.7 Å². The molecule has 0 unspecified atom stereocenters. The number of pyridine rings is 1. The topological polar surface area (TPSA) is 75.4 Å². The summed E-state index contributed by atoms with van der Waals surface area (Å²) in [5, 5.41) is 4.09. The maximum atomic E-state index is 13.3. The maximum Gasteiger partial charge on any atom is 0.228 e. The van der Waals surface area contributed by atoms with Crippen molar-refractivity contribution in [2.24, 2.45) is 0 Å². The van der Waals surface area contributed by atoms with Crippen LogP contribution in [0.15, 0.2) is 70.0 Å². The fourth-order valence-electron chi connectivity index (χ4n) is 4.66. The average Bonchev–Trinajstić information content (AvgIpc) is 3.27. The smallest absolute Gasteiger partial charge is 0.228 e. The zero-order valence-corrected chi connectivity index (χ0v) is 19.6. The van der Waals surface area contributed by atoms with Crippen LogP contribution >= 0.6 is 0 Å². The van der Waals surface area contributed by atoms with Gasteiger partial charge in [0.15, 0.2) is 11.2 Å². The number of benzene rings is 2. The highest BCUT2D eigenvalue weighted by atomic mass is 16.3. The molecule has 1 aliphatic rings. The third kappa shape index (κ3) is 3.85. The Kier molecular flexibility index (Phi) is 5.65. The van der Waals surface area contributed by atoms with Gasteiger partial charge in [-0.25, -0.2) is 4.98 Å². The van der Waals surface area contributed by atoms with Gasteiger partial charge in [0.2, 0.25) is 5.91 Å². The molecule has 1 saturated heterocycles. The minimum Gasteiger partial charge on any atom is -0.455 e. The van der Waals surface area contributed by atoms with E-state index in [9.17, 15) is 9.59 Å². The summed E-state index contributed by atoms with van der Waals surface area (Å²) in [5.74, 6) is 1.31. The fourth-order valence-corrected chi connectivity index (χ4v) is 4.66. The van der Waals surface area contributed by atoms with Crippen LogP contribution in [0.2, 0.25) is 0 Å². The van der Waals surface area contributed by atoms with Gasteiger partial charge in [0.1, 0.15) is 11.3 Å². The third-order valence-corrected chi connectivity index (χ3v) is 6.38. The molecule has 6 nitrogen and oxygen atoms in total. The van der Waals surface area contributed by atoms with Gasteiger partial charge >= 0.3 is 0 Å². The van der Waals surface area contributed by atoms with Crippen LogP contribution in [0.5, 0.6) is 0 Å². The second kappa shape index (κ2) is 8.78. The molecule has 1 fully saturated rings. The third-order valence-electron chi connectivity index (χ3n) is 6.38. The molecule has 0 saturated carbocycles. The first-order valence-electron chi connectivity index (χ1n) is 11.6. The highest BCUT2D eigenvalue weighted by Gasteiger charge is 2.26. The number of nitrogens with one attached hydrogen (secondary N) is 1. The van der Waals surface area contributed by atoms with E-state index in [2.05, 4.69) is 10.3 Å². The SMILES string of the molecule is Cc1cc([C@@H](C)Nc2cccnc2N2CCCC2=O)c2oc(-c3ccccc3)c(C)c(=O)c2c1. The molecule has 3 heterocycles. The van der Waals surface area contributed by atoms with E-state index >= 15 is 0 Å². The zero-order valence-electron chi connectivity index (χ0n) is 19.6. The number of nitrogens with zero attached hydrogens (tertiary/aromatic N) is 2. The minimum atomic E-state index is -0.197. The van der Waals surface area contributed by atoms with Gasteiger partial charge in [-0.15, -0.1) is 0 Å². The molecule has 0 aliphatic carbocycles. The van der Waals surface area contributed by atoms with Crippen LogP contribution in [-0.2, 0) is 4.79 Å². The number of fused-ring (bicyclic) bond motifs is 1. The predicted octanol–water partition coefficient (Wildman–Crippen LogP) is 5.77. The normalized spacial score (nSPS) is 14.6. The molecule has 0 bridgehead atoms. The molecule has 2 aromatic heterocycles. The van der Waals surface area contributed by atoms with Crippen LogP contribution in [0.3, 0.4) is 0 Å². The van der Waals surface area contributed by atoms with Gasteiger partial charge < -0.3 is 9.73 Å². The molecule has 1 atom stereocenters. The van der Waals surface area contributed by atoms with E-state index in [4.69, 9.17) is 4.42 Å². The van der Waals surface area contributed by atoms with E-state index in [0.717, 1.165) is 28.8 Å². The van der Waals surface area contributed by atoms with E-state index in [1.165, 1.54) is 0 Å². The van der Waals surface area contributed by atoms with Crippen molar-refractivity contribution in [1.29, 1.82) is 0 Å². The van der Waals surface area contributed by atoms with E-state index in [1.807, 2.05) is 75.4 Å². The van der Waals surface area contributed by atoms with Crippen molar-refractivity contribution in [2.75, 3.05) is 16.8 Å². The van der Waals surface area contributed by atoms with Gasteiger partial charge in [-0.3, -0.25) is 14.5 Å². The molecule has 0 radical (unpaired) electrons. The molecule has 1 amide bonds. The van der Waals surface area contributed by atoms with Crippen LogP contribution < -0.4 is 15.6 Å². The van der Waals surface area contributed by atoms with Gasteiger partial charge in [-0.2, -0.15) is 0 Å². The zero-order chi connectivity index (χ0) is 23.8. The van der Waals surface area contributed by atoms with Crippen molar-refractivity contribution >= 4 is 28.4 Å². The van der Waals surface area contributed by atoms with Crippen molar-refractivity contribution in [2.45, 2.75) is 39.7 Å². The van der Waals surface area contributed by atoms with Crippen LogP contribution in [0, 0.1) is 13.8 Å². The standard InChI is InChI=1S/C28H27N3O3/c1-17-15-21(19(3)30-23-11-7-13-29-28(23)31-14-8-12-24(31)32)27-22(16-17)25(33)18(2)26(34-27)20-9-5-4-6-10-20/h4-7,9-11,13,15-16,19,30H,8,12,14H2,1-3H3/t19-/m1/s1. The van der Waals surface area contributed by atoms with Gasteiger partial charge in [0, 0.05) is 35.9 Å². The van der Waals surface area contributed by atoms with Gasteiger partial charge in [-0.1, -0.05) is 36.4 Å². The Morgan fingerprint density at radius 3 is 2.59 bits per heavy atom. The van der Waals surface area contributed by atoms with Crippen molar-refractivity contribution < 1.29 is 9.21 Å². The van der Waals surface area contributed by atoms with E-state index in [1.54, 1.807) is 11.1 Å². The van der Waals surface area contributed by atoms with E-state index in [-0.39, 0.29) is 17.4 Å². The largest absolute Gasteiger partial charge is 0.455 e. The number of anilines is 2. The van der Waals surface area contributed by atoms with Crippen LogP contribution in [-0.4, -0.2) is 17.4 Å². The number of carbonyl (C=O) groups excluding carboxylic acids is 1. The van der Waals surface area contributed by atoms with Gasteiger partial charge in [-0.05, 0) is 51.0 Å². The Morgan fingerprint density at radius 2 is 1.85 bits per heavy atom. The van der Waals surface area contributed by atoms with E-state index < -0.39 is 0 Å². The summed E-state index contributed by atoms with van der Waals surface area (Å²) < 4.78 is 6.43. The Hall–Kier alpha value is -3.93. The highest BCUT2D eigenvalue weighted by Crippen LogP contribution is 2.34. The predicted molar refractivity (Wildman–Crippen MR) is 135 cm³/mol. The molecule has 1 N–H and O–H groups in total. The number of hydrogen-bond acceptors (Lipinski definition) is 5. The second-order valence-corrected chi connectivity index (χ2v) is 8.87. The van der Waals surface area contributed by atoms with Crippen molar-refractivity contribution in [1.82, 2.24) is 4.98 Å². The molecule has 4 aromatic rings. The quantitative estimate of drug-likeness (QED) is 0.415. The monoisotopic (exact) mass is 453 g/mol. The average molecular weight is 454 g/mol. The second-order valence-electron chi connectivity index (χ2n) is 8.87. The number of aryl methyl sites for hydroxylation is 1. The lowest BCUT2D eigenvalue weighted by molar-refractivity contribution is -0.117. The summed E-state index contributed by atoms with van der Waals surface area (Å²) in [4.78, 5) is 31.9. The molecule has 5 rings (SSSR count). The summed E-state index contributed by atoms with van der Waals surface area (Å²) in [6, 6.07) is 17.2. The first kappa shape index (κ1) is 21.9. The maximum absolute atomic E-state index is 13.3. The Labute approximate surface area is 198 Å². The Bertz CT molecular complexity index is 1440. The van der Waals surface area contributed by atoms with E-state index in [0.29, 0.717) is 41.1 Å². The molecule has 34 heavy (non-hydrogen) atoms. The lowest BCUT2D eigenvalue weighted by atomic mass is 9.99. The van der Waals surface area contributed by atoms with Crippen LogP contribution in [0.1, 0.15) is 42.5 Å². The summed E-state index contributed by atoms with van der Waals surface area (Å²) in [7, 11) is 0. The first-order chi connectivity index (χ1) is 16.4. The molecule has 0 spiro atoms. The number of amides is 1. The first-order valence-corrected chi connectivity index (χ1v) is 11.6. The molecule has 6 heteroatoms. The molecular formula is C28H27N3O3. The fraction of sp³-hybridized carbons (Fsp3) is 0.250. The summed E-state index contributed by atoms with van der Waals surface area (Å²) >= 11 is 0. The minimum absolute atomic E-state index is 0.0259. The molecular weight excluding hydrogens is 426 g/mol. The number of rotatable bonds is 5. The number of hydrogen-bond donors (Lipinski definition) is 1. The molecule has 172 valence electrons.